The number of halogens is 1. The zero-order valence-corrected chi connectivity index (χ0v) is 17.1. The SMILES string of the molecule is CCCCOc1cc([N+](=O)[O-])c(OCCCC)cc1Sc1ccc(Cl)cc1. The van der Waals surface area contributed by atoms with Crippen molar-refractivity contribution in [3.63, 3.8) is 0 Å². The van der Waals surface area contributed by atoms with E-state index in [1.54, 1.807) is 6.07 Å². The molecule has 5 nitrogen and oxygen atoms in total. The molecule has 2 aromatic rings. The molecular formula is C20H24ClNO4S. The standard InChI is InChI=1S/C20H24ClNO4S/c1-3-5-11-25-18-14-20(27-16-9-7-15(21)8-10-16)19(26-12-6-4-2)13-17(18)22(23)24/h7-10,13-14H,3-6,11-12H2,1-2H3. The summed E-state index contributed by atoms with van der Waals surface area (Å²) in [5, 5.41) is 12.2. The smallest absolute Gasteiger partial charge is 0.314 e. The van der Waals surface area contributed by atoms with E-state index in [0.29, 0.717) is 24.0 Å². The first-order valence-corrected chi connectivity index (χ1v) is 10.3. The van der Waals surface area contributed by atoms with E-state index in [2.05, 4.69) is 6.92 Å². The predicted molar refractivity (Wildman–Crippen MR) is 109 cm³/mol. The van der Waals surface area contributed by atoms with Crippen molar-refractivity contribution in [1.29, 1.82) is 0 Å². The van der Waals surface area contributed by atoms with Crippen molar-refractivity contribution < 1.29 is 14.4 Å². The number of rotatable bonds is 11. The Morgan fingerprint density at radius 3 is 2.15 bits per heavy atom. The quantitative estimate of drug-likeness (QED) is 0.233. The van der Waals surface area contributed by atoms with Gasteiger partial charge in [0.05, 0.1) is 29.1 Å². The predicted octanol–water partition coefficient (Wildman–Crippen LogP) is 6.76. The highest BCUT2D eigenvalue weighted by Gasteiger charge is 2.21. The van der Waals surface area contributed by atoms with Gasteiger partial charge in [-0.15, -0.1) is 0 Å². The molecule has 7 heteroatoms. The number of ether oxygens (including phenoxy) is 2. The summed E-state index contributed by atoms with van der Waals surface area (Å²) in [4.78, 5) is 12.8. The number of benzene rings is 2. The summed E-state index contributed by atoms with van der Waals surface area (Å²) in [6.45, 7) is 5.07. The largest absolute Gasteiger partial charge is 0.492 e. The summed E-state index contributed by atoms with van der Waals surface area (Å²) in [5.74, 6) is 0.769. The van der Waals surface area contributed by atoms with E-state index in [4.69, 9.17) is 21.1 Å². The van der Waals surface area contributed by atoms with Crippen LogP contribution in [0, 0.1) is 10.1 Å². The minimum absolute atomic E-state index is 0.0712. The Morgan fingerprint density at radius 1 is 1.00 bits per heavy atom. The van der Waals surface area contributed by atoms with E-state index in [1.165, 1.54) is 17.8 Å². The van der Waals surface area contributed by atoms with Gasteiger partial charge in [0.1, 0.15) is 5.75 Å². The maximum Gasteiger partial charge on any atom is 0.314 e. The lowest BCUT2D eigenvalue weighted by atomic mass is 10.2. The Hall–Kier alpha value is -1.92. The fourth-order valence-electron chi connectivity index (χ4n) is 2.26. The topological polar surface area (TPSA) is 61.6 Å². The molecule has 0 aliphatic carbocycles. The van der Waals surface area contributed by atoms with E-state index in [1.807, 2.05) is 31.2 Å². The van der Waals surface area contributed by atoms with E-state index in [0.717, 1.165) is 35.5 Å². The second-order valence-electron chi connectivity index (χ2n) is 5.98. The van der Waals surface area contributed by atoms with Crippen LogP contribution in [0.2, 0.25) is 5.02 Å². The first-order chi connectivity index (χ1) is 13.0. The van der Waals surface area contributed by atoms with Crippen molar-refractivity contribution >= 4 is 29.1 Å². The van der Waals surface area contributed by atoms with Gasteiger partial charge in [0, 0.05) is 16.0 Å². The molecule has 0 heterocycles. The lowest BCUT2D eigenvalue weighted by molar-refractivity contribution is -0.386. The van der Waals surface area contributed by atoms with Crippen LogP contribution in [0.25, 0.3) is 0 Å². The van der Waals surface area contributed by atoms with Crippen LogP contribution < -0.4 is 9.47 Å². The summed E-state index contributed by atoms with van der Waals surface area (Å²) in [7, 11) is 0. The van der Waals surface area contributed by atoms with Gasteiger partial charge in [-0.1, -0.05) is 50.1 Å². The Balaban J connectivity index is 2.36. The zero-order chi connectivity index (χ0) is 19.6. The summed E-state index contributed by atoms with van der Waals surface area (Å²) in [6, 6.07) is 10.6. The van der Waals surface area contributed by atoms with E-state index in [-0.39, 0.29) is 11.4 Å². The summed E-state index contributed by atoms with van der Waals surface area (Å²) in [5.41, 5.74) is -0.0712. The fourth-order valence-corrected chi connectivity index (χ4v) is 3.30. The molecule has 0 atom stereocenters. The first-order valence-electron chi connectivity index (χ1n) is 9.06. The molecule has 0 saturated carbocycles. The Morgan fingerprint density at radius 2 is 1.59 bits per heavy atom. The van der Waals surface area contributed by atoms with Gasteiger partial charge in [-0.3, -0.25) is 10.1 Å². The minimum atomic E-state index is -0.426. The molecular weight excluding hydrogens is 386 g/mol. The van der Waals surface area contributed by atoms with Crippen LogP contribution in [0.1, 0.15) is 39.5 Å². The van der Waals surface area contributed by atoms with Crippen LogP contribution in [-0.4, -0.2) is 18.1 Å². The van der Waals surface area contributed by atoms with Crippen LogP contribution in [-0.2, 0) is 0 Å². The zero-order valence-electron chi connectivity index (χ0n) is 15.6. The number of hydrogen-bond donors (Lipinski definition) is 0. The Bertz CT molecular complexity index is 752. The van der Waals surface area contributed by atoms with Gasteiger partial charge < -0.3 is 9.47 Å². The molecule has 0 N–H and O–H groups in total. The molecule has 0 radical (unpaired) electrons. The van der Waals surface area contributed by atoms with Crippen LogP contribution in [0.5, 0.6) is 11.5 Å². The molecule has 0 aromatic heterocycles. The molecule has 0 unspecified atom stereocenters. The van der Waals surface area contributed by atoms with Gasteiger partial charge in [0.25, 0.3) is 0 Å². The van der Waals surface area contributed by atoms with Crippen molar-refractivity contribution in [3.05, 3.63) is 51.5 Å². The van der Waals surface area contributed by atoms with Crippen molar-refractivity contribution in [3.8, 4) is 11.5 Å². The third-order valence-corrected chi connectivity index (χ3v) is 5.07. The monoisotopic (exact) mass is 409 g/mol. The Labute approximate surface area is 169 Å². The van der Waals surface area contributed by atoms with Gasteiger partial charge in [-0.2, -0.15) is 0 Å². The Kier molecular flexibility index (Phi) is 8.75. The molecule has 27 heavy (non-hydrogen) atoms. The van der Waals surface area contributed by atoms with Gasteiger partial charge in [-0.25, -0.2) is 0 Å². The average molecular weight is 410 g/mol. The highest BCUT2D eigenvalue weighted by atomic mass is 35.5. The molecule has 0 saturated heterocycles. The van der Waals surface area contributed by atoms with Crippen LogP contribution in [0.3, 0.4) is 0 Å². The van der Waals surface area contributed by atoms with Crippen molar-refractivity contribution in [1.82, 2.24) is 0 Å². The molecule has 2 rings (SSSR count). The molecule has 0 bridgehead atoms. The fraction of sp³-hybridized carbons (Fsp3) is 0.400. The number of nitro groups is 1. The number of nitrogens with zero attached hydrogens (tertiary/aromatic N) is 1. The first kappa shape index (κ1) is 21.4. The van der Waals surface area contributed by atoms with Crippen LogP contribution >= 0.6 is 23.4 Å². The lowest BCUT2D eigenvalue weighted by Gasteiger charge is -2.14. The number of hydrogen-bond acceptors (Lipinski definition) is 5. The second-order valence-corrected chi connectivity index (χ2v) is 7.54. The molecule has 0 aliphatic rings. The van der Waals surface area contributed by atoms with Crippen molar-refractivity contribution in [2.24, 2.45) is 0 Å². The summed E-state index contributed by atoms with van der Waals surface area (Å²) >= 11 is 7.42. The lowest BCUT2D eigenvalue weighted by Crippen LogP contribution is -2.03. The molecule has 0 amide bonds. The molecule has 2 aromatic carbocycles. The second kappa shape index (κ2) is 11.0. The van der Waals surface area contributed by atoms with Gasteiger partial charge in [-0.05, 0) is 37.1 Å². The maximum atomic E-state index is 11.5. The van der Waals surface area contributed by atoms with Crippen LogP contribution in [0.15, 0.2) is 46.2 Å². The molecule has 0 spiro atoms. The van der Waals surface area contributed by atoms with Gasteiger partial charge in [0.15, 0.2) is 5.75 Å². The highest BCUT2D eigenvalue weighted by Crippen LogP contribution is 2.42. The maximum absolute atomic E-state index is 11.5. The normalized spacial score (nSPS) is 10.6. The average Bonchev–Trinajstić information content (AvgIpc) is 2.65. The number of nitro benzene ring substituents is 1. The van der Waals surface area contributed by atoms with E-state index in [9.17, 15) is 10.1 Å². The molecule has 0 aliphatic heterocycles. The summed E-state index contributed by atoms with van der Waals surface area (Å²) in [6.07, 6.45) is 3.66. The molecule has 0 fully saturated rings. The third kappa shape index (κ3) is 6.63. The van der Waals surface area contributed by atoms with Gasteiger partial charge >= 0.3 is 5.69 Å². The third-order valence-electron chi connectivity index (χ3n) is 3.77. The van der Waals surface area contributed by atoms with Gasteiger partial charge in [0.2, 0.25) is 0 Å². The van der Waals surface area contributed by atoms with Crippen molar-refractivity contribution in [2.75, 3.05) is 13.2 Å². The highest BCUT2D eigenvalue weighted by molar-refractivity contribution is 7.99. The number of unbranched alkanes of at least 4 members (excludes halogenated alkanes) is 2. The van der Waals surface area contributed by atoms with Crippen LogP contribution in [0.4, 0.5) is 5.69 Å². The van der Waals surface area contributed by atoms with E-state index < -0.39 is 4.92 Å². The van der Waals surface area contributed by atoms with E-state index >= 15 is 0 Å². The van der Waals surface area contributed by atoms with Crippen molar-refractivity contribution in [2.45, 2.75) is 49.3 Å². The minimum Gasteiger partial charge on any atom is -0.492 e. The molecule has 146 valence electrons. The summed E-state index contributed by atoms with van der Waals surface area (Å²) < 4.78 is 11.5.